The highest BCUT2D eigenvalue weighted by Gasteiger charge is 2.38. The molecule has 0 unspecified atom stereocenters. The van der Waals surface area contributed by atoms with Crippen molar-refractivity contribution in [1.29, 1.82) is 0 Å². The molecule has 5 nitrogen and oxygen atoms in total. The van der Waals surface area contributed by atoms with Gasteiger partial charge in [0.05, 0.1) is 18.7 Å². The van der Waals surface area contributed by atoms with E-state index in [2.05, 4.69) is 43.1 Å². The van der Waals surface area contributed by atoms with Crippen molar-refractivity contribution in [2.24, 2.45) is 5.92 Å². The molecule has 0 saturated heterocycles. The third kappa shape index (κ3) is 2.54. The average Bonchev–Trinajstić information content (AvgIpc) is 3.22. The monoisotopic (exact) mass is 372 g/mol. The summed E-state index contributed by atoms with van der Waals surface area (Å²) in [6, 6.07) is 16.3. The van der Waals surface area contributed by atoms with Crippen LogP contribution in [0.25, 0.3) is 10.8 Å². The van der Waals surface area contributed by atoms with Crippen LogP contribution < -0.4 is 15.0 Å². The lowest BCUT2D eigenvalue weighted by molar-refractivity contribution is -0.691. The van der Waals surface area contributed by atoms with Crippen molar-refractivity contribution in [2.75, 3.05) is 5.73 Å². The lowest BCUT2D eigenvalue weighted by atomic mass is 9.86. The van der Waals surface area contributed by atoms with Gasteiger partial charge in [-0.3, -0.25) is 0 Å². The Bertz CT molecular complexity index is 1170. The number of nitrogens with two attached hydrogens (primary N) is 1. The number of aromatic nitrogens is 2. The Morgan fingerprint density at radius 1 is 1.11 bits per heavy atom. The first-order valence-corrected chi connectivity index (χ1v) is 9.54. The van der Waals surface area contributed by atoms with Crippen LogP contribution >= 0.6 is 0 Å². The van der Waals surface area contributed by atoms with Gasteiger partial charge < -0.3 is 14.9 Å². The van der Waals surface area contributed by atoms with Crippen LogP contribution in [-0.2, 0) is 6.54 Å². The number of benzene rings is 2. The summed E-state index contributed by atoms with van der Waals surface area (Å²) in [6.07, 6.45) is 3.46. The molecule has 5 rings (SSSR count). The highest BCUT2D eigenvalue weighted by atomic mass is 16.5. The summed E-state index contributed by atoms with van der Waals surface area (Å²) in [5.74, 6) is 3.15. The van der Waals surface area contributed by atoms with Crippen molar-refractivity contribution >= 4 is 16.6 Å². The summed E-state index contributed by atoms with van der Waals surface area (Å²) in [7, 11) is 0. The quantitative estimate of drug-likeness (QED) is 0.469. The highest BCUT2D eigenvalue weighted by molar-refractivity contribution is 5.91. The normalized spacial score (nSPS) is 15.3. The minimum atomic E-state index is -0.162. The van der Waals surface area contributed by atoms with Crippen molar-refractivity contribution in [3.8, 4) is 11.6 Å². The van der Waals surface area contributed by atoms with Crippen LogP contribution in [0.5, 0.6) is 11.6 Å². The van der Waals surface area contributed by atoms with Gasteiger partial charge in [-0.1, -0.05) is 55.2 Å². The van der Waals surface area contributed by atoms with Gasteiger partial charge in [-0.2, -0.15) is 0 Å². The molecule has 1 atom stereocenters. The molecule has 1 aliphatic rings. The number of fused-ring (bicyclic) bond motifs is 4. The molecule has 0 radical (unpaired) electrons. The molecule has 4 aromatic rings. The third-order valence-corrected chi connectivity index (χ3v) is 5.23. The molecule has 2 aromatic carbocycles. The topological polar surface area (TPSA) is 65.2 Å². The first-order chi connectivity index (χ1) is 13.6. The van der Waals surface area contributed by atoms with Crippen LogP contribution in [0.4, 0.5) is 5.82 Å². The van der Waals surface area contributed by atoms with Crippen molar-refractivity contribution in [1.82, 2.24) is 4.98 Å². The molecule has 0 aliphatic carbocycles. The van der Waals surface area contributed by atoms with Gasteiger partial charge in [0.25, 0.3) is 0 Å². The van der Waals surface area contributed by atoms with E-state index < -0.39 is 0 Å². The van der Waals surface area contributed by atoms with E-state index in [1.54, 1.807) is 12.6 Å². The number of ether oxygens (including phenoxy) is 1. The zero-order valence-electron chi connectivity index (χ0n) is 15.9. The summed E-state index contributed by atoms with van der Waals surface area (Å²) >= 11 is 0. The molecule has 2 N–H and O–H groups in total. The van der Waals surface area contributed by atoms with Gasteiger partial charge in [0.1, 0.15) is 17.1 Å². The van der Waals surface area contributed by atoms with Gasteiger partial charge in [0.2, 0.25) is 12.1 Å². The molecule has 0 bridgehead atoms. The Balaban J connectivity index is 1.78. The van der Waals surface area contributed by atoms with Gasteiger partial charge in [-0.25, -0.2) is 4.57 Å². The molecule has 0 fully saturated rings. The maximum Gasteiger partial charge on any atom is 0.306 e. The van der Waals surface area contributed by atoms with Crippen LogP contribution in [0, 0.1) is 5.92 Å². The lowest BCUT2D eigenvalue weighted by Crippen LogP contribution is -2.41. The number of nitrogen functional groups attached to an aromatic ring is 1. The molecule has 0 spiro atoms. The van der Waals surface area contributed by atoms with E-state index in [0.29, 0.717) is 17.6 Å². The fourth-order valence-corrected chi connectivity index (χ4v) is 4.01. The van der Waals surface area contributed by atoms with E-state index in [1.807, 2.05) is 28.8 Å². The highest BCUT2D eigenvalue weighted by Crippen LogP contribution is 2.50. The summed E-state index contributed by atoms with van der Waals surface area (Å²) in [5.41, 5.74) is 8.52. The van der Waals surface area contributed by atoms with Crippen molar-refractivity contribution < 1.29 is 13.7 Å². The molecule has 1 aliphatic heterocycles. The number of rotatable bonds is 3. The van der Waals surface area contributed by atoms with Gasteiger partial charge >= 0.3 is 5.88 Å². The van der Waals surface area contributed by atoms with E-state index in [-0.39, 0.29) is 5.92 Å². The van der Waals surface area contributed by atoms with Crippen molar-refractivity contribution in [3.05, 3.63) is 78.0 Å². The predicted octanol–water partition coefficient (Wildman–Crippen LogP) is 4.64. The molecule has 2 aromatic heterocycles. The second kappa shape index (κ2) is 6.37. The zero-order chi connectivity index (χ0) is 19.3. The van der Waals surface area contributed by atoms with Gasteiger partial charge in [-0.15, -0.1) is 0 Å². The van der Waals surface area contributed by atoms with Crippen LogP contribution in [0.3, 0.4) is 0 Å². The van der Waals surface area contributed by atoms with Crippen LogP contribution in [0.2, 0.25) is 0 Å². The number of furan rings is 1. The molecule has 0 saturated carbocycles. The summed E-state index contributed by atoms with van der Waals surface area (Å²) in [5, 5.41) is 2.18. The van der Waals surface area contributed by atoms with E-state index in [4.69, 9.17) is 14.9 Å². The maximum atomic E-state index is 6.62. The molecule has 3 heterocycles. The average molecular weight is 372 g/mol. The molecule has 28 heavy (non-hydrogen) atoms. The minimum absolute atomic E-state index is 0.162. The molecule has 0 amide bonds. The van der Waals surface area contributed by atoms with Crippen LogP contribution in [-0.4, -0.2) is 4.98 Å². The van der Waals surface area contributed by atoms with E-state index >= 15 is 0 Å². The van der Waals surface area contributed by atoms with Gasteiger partial charge in [-0.05, 0) is 23.4 Å². The zero-order valence-corrected chi connectivity index (χ0v) is 15.9. The fraction of sp³-hybridized carbons (Fsp3) is 0.217. The maximum absolute atomic E-state index is 6.62. The summed E-state index contributed by atoms with van der Waals surface area (Å²) in [6.45, 7) is 5.11. The summed E-state index contributed by atoms with van der Waals surface area (Å²) < 4.78 is 14.1. The Hall–Kier alpha value is -3.34. The van der Waals surface area contributed by atoms with Crippen molar-refractivity contribution in [2.45, 2.75) is 26.3 Å². The standard InChI is InChI=1S/C23H21N3O2/c1-14(2)12-26-13-25-23-20(22(26)24)19(18-8-5-11-27-18)17-10-9-15-6-3-4-7-16(15)21(17)28-23/h3-11,13-14,19,24H,12H2,1-2H3/p+1/t19-/m0/s1. The lowest BCUT2D eigenvalue weighted by Gasteiger charge is -2.26. The van der Waals surface area contributed by atoms with Gasteiger partial charge in [0, 0.05) is 10.9 Å². The second-order valence-corrected chi connectivity index (χ2v) is 7.65. The smallest absolute Gasteiger partial charge is 0.306 e. The Morgan fingerprint density at radius 3 is 2.75 bits per heavy atom. The van der Waals surface area contributed by atoms with Crippen LogP contribution in [0.1, 0.15) is 36.7 Å². The molecular formula is C23H22N3O2+. The SMILES string of the molecule is CC(C)C[n+]1cnc2c(c1N)[C@H](c1ccco1)c1ccc3ccccc3c1O2. The molecule has 140 valence electrons. The first kappa shape index (κ1) is 16.8. The van der Waals surface area contributed by atoms with Gasteiger partial charge in [0.15, 0.2) is 0 Å². The number of hydrogen-bond acceptors (Lipinski definition) is 4. The van der Waals surface area contributed by atoms with E-state index in [1.165, 1.54) is 0 Å². The van der Waals surface area contributed by atoms with E-state index in [0.717, 1.165) is 40.0 Å². The second-order valence-electron chi connectivity index (χ2n) is 7.65. The largest absolute Gasteiger partial charge is 0.468 e. The first-order valence-electron chi connectivity index (χ1n) is 9.54. The fourth-order valence-electron chi connectivity index (χ4n) is 4.01. The van der Waals surface area contributed by atoms with E-state index in [9.17, 15) is 0 Å². The number of hydrogen-bond donors (Lipinski definition) is 1. The molecular weight excluding hydrogens is 350 g/mol. The Kier molecular flexibility index (Phi) is 3.83. The number of anilines is 1. The minimum Gasteiger partial charge on any atom is -0.468 e. The molecule has 5 heteroatoms. The van der Waals surface area contributed by atoms with Crippen molar-refractivity contribution in [3.63, 3.8) is 0 Å². The Morgan fingerprint density at radius 2 is 1.96 bits per heavy atom. The third-order valence-electron chi connectivity index (χ3n) is 5.23. The Labute approximate surface area is 163 Å². The summed E-state index contributed by atoms with van der Waals surface area (Å²) in [4.78, 5) is 4.62. The predicted molar refractivity (Wildman–Crippen MR) is 107 cm³/mol. The van der Waals surface area contributed by atoms with Crippen LogP contribution in [0.15, 0.2) is 65.5 Å². The number of nitrogens with zero attached hydrogens (tertiary/aromatic N) is 2.